The van der Waals surface area contributed by atoms with Crippen LogP contribution in [0, 0.1) is 0 Å². The molecular formula is C14H21N3O2. The minimum atomic E-state index is -0.963. The maximum atomic E-state index is 10.9. The molecule has 5 nitrogen and oxygen atoms in total. The van der Waals surface area contributed by atoms with Crippen molar-refractivity contribution in [1.82, 2.24) is 14.8 Å². The van der Waals surface area contributed by atoms with Crippen LogP contribution >= 0.6 is 0 Å². The molecule has 19 heavy (non-hydrogen) atoms. The summed E-state index contributed by atoms with van der Waals surface area (Å²) in [4.78, 5) is 19.6. The Balaban J connectivity index is 1.88. The topological polar surface area (TPSA) is 56.7 Å². The van der Waals surface area contributed by atoms with E-state index in [9.17, 15) is 4.79 Å². The fourth-order valence-electron chi connectivity index (χ4n) is 2.44. The highest BCUT2D eigenvalue weighted by Gasteiger charge is 2.16. The second-order valence-corrected chi connectivity index (χ2v) is 4.97. The number of hydrogen-bond acceptors (Lipinski definition) is 4. The third-order valence-corrected chi connectivity index (χ3v) is 3.45. The van der Waals surface area contributed by atoms with Crippen molar-refractivity contribution in [3.63, 3.8) is 0 Å². The SMILES string of the molecule is CCCN1CCN(Cc2ccnc(C(=O)O)c2)CC1. The van der Waals surface area contributed by atoms with Crippen LogP contribution in [-0.4, -0.2) is 58.6 Å². The first kappa shape index (κ1) is 14.0. The fraction of sp³-hybridized carbons (Fsp3) is 0.571. The smallest absolute Gasteiger partial charge is 0.354 e. The van der Waals surface area contributed by atoms with Crippen LogP contribution in [0.5, 0.6) is 0 Å². The van der Waals surface area contributed by atoms with Crippen LogP contribution in [0.25, 0.3) is 0 Å². The number of carbonyl (C=O) groups is 1. The van der Waals surface area contributed by atoms with Gasteiger partial charge >= 0.3 is 5.97 Å². The van der Waals surface area contributed by atoms with E-state index in [4.69, 9.17) is 5.11 Å². The van der Waals surface area contributed by atoms with Crippen LogP contribution in [0.3, 0.4) is 0 Å². The molecule has 0 atom stereocenters. The molecule has 5 heteroatoms. The van der Waals surface area contributed by atoms with Gasteiger partial charge in [-0.05, 0) is 30.7 Å². The number of pyridine rings is 1. The number of aromatic carboxylic acids is 1. The summed E-state index contributed by atoms with van der Waals surface area (Å²) < 4.78 is 0. The molecule has 2 rings (SSSR count). The summed E-state index contributed by atoms with van der Waals surface area (Å²) in [7, 11) is 0. The van der Waals surface area contributed by atoms with Crippen molar-refractivity contribution in [3.8, 4) is 0 Å². The number of hydrogen-bond donors (Lipinski definition) is 1. The molecule has 0 unspecified atom stereocenters. The van der Waals surface area contributed by atoms with E-state index < -0.39 is 5.97 Å². The lowest BCUT2D eigenvalue weighted by Gasteiger charge is -2.34. The first-order chi connectivity index (χ1) is 9.19. The van der Waals surface area contributed by atoms with E-state index in [0.29, 0.717) is 0 Å². The molecule has 0 spiro atoms. The van der Waals surface area contributed by atoms with Crippen LogP contribution in [0.2, 0.25) is 0 Å². The average molecular weight is 263 g/mol. The third kappa shape index (κ3) is 4.01. The highest BCUT2D eigenvalue weighted by molar-refractivity contribution is 5.85. The fourth-order valence-corrected chi connectivity index (χ4v) is 2.44. The van der Waals surface area contributed by atoms with Crippen LogP contribution in [-0.2, 0) is 6.54 Å². The largest absolute Gasteiger partial charge is 0.477 e. The zero-order chi connectivity index (χ0) is 13.7. The summed E-state index contributed by atoms with van der Waals surface area (Å²) in [6.07, 6.45) is 2.78. The molecule has 0 aliphatic carbocycles. The van der Waals surface area contributed by atoms with Gasteiger partial charge in [0.05, 0.1) is 0 Å². The molecular weight excluding hydrogens is 242 g/mol. The van der Waals surface area contributed by atoms with Gasteiger partial charge in [-0.15, -0.1) is 0 Å². The number of carboxylic acid groups (broad SMARTS) is 1. The van der Waals surface area contributed by atoms with Crippen molar-refractivity contribution >= 4 is 5.97 Å². The molecule has 0 bridgehead atoms. The van der Waals surface area contributed by atoms with Gasteiger partial charge in [0.25, 0.3) is 0 Å². The summed E-state index contributed by atoms with van der Waals surface area (Å²) in [6, 6.07) is 3.56. The molecule has 0 saturated carbocycles. The maximum Gasteiger partial charge on any atom is 0.354 e. The van der Waals surface area contributed by atoms with Gasteiger partial charge in [0.1, 0.15) is 5.69 Å². The summed E-state index contributed by atoms with van der Waals surface area (Å²) >= 11 is 0. The second kappa shape index (κ2) is 6.63. The Morgan fingerprint density at radius 2 is 2.00 bits per heavy atom. The van der Waals surface area contributed by atoms with Gasteiger partial charge in [0, 0.05) is 38.9 Å². The van der Waals surface area contributed by atoms with Gasteiger partial charge < -0.3 is 10.0 Å². The van der Waals surface area contributed by atoms with Crippen LogP contribution in [0.15, 0.2) is 18.3 Å². The average Bonchev–Trinajstić information content (AvgIpc) is 2.42. The lowest BCUT2D eigenvalue weighted by Crippen LogP contribution is -2.45. The molecule has 0 amide bonds. The van der Waals surface area contributed by atoms with E-state index in [1.807, 2.05) is 6.07 Å². The molecule has 1 aromatic heterocycles. The third-order valence-electron chi connectivity index (χ3n) is 3.45. The Kier molecular flexibility index (Phi) is 4.87. The van der Waals surface area contributed by atoms with E-state index in [0.717, 1.165) is 38.3 Å². The van der Waals surface area contributed by atoms with Crippen LogP contribution in [0.1, 0.15) is 29.4 Å². The summed E-state index contributed by atoms with van der Waals surface area (Å²) in [5.74, 6) is -0.963. The van der Waals surface area contributed by atoms with E-state index in [1.54, 1.807) is 12.3 Å². The van der Waals surface area contributed by atoms with Crippen molar-refractivity contribution in [2.45, 2.75) is 19.9 Å². The van der Waals surface area contributed by atoms with Crippen molar-refractivity contribution in [3.05, 3.63) is 29.6 Å². The predicted octanol–water partition coefficient (Wildman–Crippen LogP) is 1.31. The van der Waals surface area contributed by atoms with Gasteiger partial charge in [-0.3, -0.25) is 4.90 Å². The molecule has 1 fully saturated rings. The van der Waals surface area contributed by atoms with E-state index in [1.165, 1.54) is 13.0 Å². The van der Waals surface area contributed by atoms with Gasteiger partial charge in [0.2, 0.25) is 0 Å². The minimum Gasteiger partial charge on any atom is -0.477 e. The highest BCUT2D eigenvalue weighted by Crippen LogP contribution is 2.09. The standard InChI is InChI=1S/C14H21N3O2/c1-2-5-16-6-8-17(9-7-16)11-12-3-4-15-13(10-12)14(18)19/h3-4,10H,2,5-9,11H2,1H3,(H,18,19). The van der Waals surface area contributed by atoms with E-state index in [-0.39, 0.29) is 5.69 Å². The van der Waals surface area contributed by atoms with Crippen molar-refractivity contribution in [2.75, 3.05) is 32.7 Å². The molecule has 1 aliphatic rings. The lowest BCUT2D eigenvalue weighted by molar-refractivity contribution is 0.0690. The van der Waals surface area contributed by atoms with Crippen LogP contribution < -0.4 is 0 Å². The maximum absolute atomic E-state index is 10.9. The second-order valence-electron chi connectivity index (χ2n) is 4.97. The molecule has 0 aromatic carbocycles. The van der Waals surface area contributed by atoms with Gasteiger partial charge in [-0.2, -0.15) is 0 Å². The Morgan fingerprint density at radius 1 is 1.32 bits per heavy atom. The first-order valence-corrected chi connectivity index (χ1v) is 6.82. The summed E-state index contributed by atoms with van der Waals surface area (Å²) in [6.45, 7) is 8.48. The van der Waals surface area contributed by atoms with Crippen LogP contribution in [0.4, 0.5) is 0 Å². The van der Waals surface area contributed by atoms with Gasteiger partial charge in [0.15, 0.2) is 0 Å². The molecule has 1 N–H and O–H groups in total. The zero-order valence-corrected chi connectivity index (χ0v) is 11.4. The molecule has 1 saturated heterocycles. The zero-order valence-electron chi connectivity index (χ0n) is 11.4. The number of rotatable bonds is 5. The van der Waals surface area contributed by atoms with Gasteiger partial charge in [-0.1, -0.05) is 6.92 Å². The highest BCUT2D eigenvalue weighted by atomic mass is 16.4. The Hall–Kier alpha value is -1.46. The number of piperazine rings is 1. The Bertz CT molecular complexity index is 428. The van der Waals surface area contributed by atoms with Gasteiger partial charge in [-0.25, -0.2) is 9.78 Å². The van der Waals surface area contributed by atoms with Crippen molar-refractivity contribution in [2.24, 2.45) is 0 Å². The molecule has 1 aliphatic heterocycles. The number of aromatic nitrogens is 1. The monoisotopic (exact) mass is 263 g/mol. The Morgan fingerprint density at radius 3 is 2.63 bits per heavy atom. The first-order valence-electron chi connectivity index (χ1n) is 6.82. The van der Waals surface area contributed by atoms with E-state index >= 15 is 0 Å². The summed E-state index contributed by atoms with van der Waals surface area (Å²) in [5, 5.41) is 8.93. The van der Waals surface area contributed by atoms with Crippen molar-refractivity contribution in [1.29, 1.82) is 0 Å². The molecule has 2 heterocycles. The lowest BCUT2D eigenvalue weighted by atomic mass is 10.2. The number of nitrogens with zero attached hydrogens (tertiary/aromatic N) is 3. The quantitative estimate of drug-likeness (QED) is 0.868. The van der Waals surface area contributed by atoms with Crippen molar-refractivity contribution < 1.29 is 9.90 Å². The normalized spacial score (nSPS) is 17.5. The predicted molar refractivity (Wildman–Crippen MR) is 73.2 cm³/mol. The Labute approximate surface area is 113 Å². The molecule has 0 radical (unpaired) electrons. The summed E-state index contributed by atoms with van der Waals surface area (Å²) in [5.41, 5.74) is 1.15. The minimum absolute atomic E-state index is 0.127. The molecule has 104 valence electrons. The molecule has 1 aromatic rings. The number of carboxylic acids is 1. The van der Waals surface area contributed by atoms with E-state index in [2.05, 4.69) is 21.7 Å².